The highest BCUT2D eigenvalue weighted by Crippen LogP contribution is 2.33. The summed E-state index contributed by atoms with van der Waals surface area (Å²) in [5.74, 6) is -0.196. The largest absolute Gasteiger partial charge is 0.369 e. The van der Waals surface area contributed by atoms with Gasteiger partial charge in [-0.05, 0) is 45.2 Å². The minimum atomic E-state index is -0.603. The number of hydrogen-bond acceptors (Lipinski definition) is 6. The minimum Gasteiger partial charge on any atom is -0.369 e. The number of carbonyl (C=O) groups is 2. The molecule has 3 saturated heterocycles. The Morgan fingerprint density at radius 3 is 2.43 bits per heavy atom. The maximum absolute atomic E-state index is 13.1. The average Bonchev–Trinajstić information content (AvgIpc) is 3.26. The van der Waals surface area contributed by atoms with Crippen molar-refractivity contribution >= 4 is 17.5 Å². The van der Waals surface area contributed by atoms with Gasteiger partial charge < -0.3 is 15.5 Å². The van der Waals surface area contributed by atoms with Crippen LogP contribution < -0.4 is 16.2 Å². The van der Waals surface area contributed by atoms with E-state index in [4.69, 9.17) is 5.73 Å². The van der Waals surface area contributed by atoms with Crippen LogP contribution in [0.2, 0.25) is 0 Å². The van der Waals surface area contributed by atoms with Gasteiger partial charge in [0.1, 0.15) is 5.54 Å². The Kier molecular flexibility index (Phi) is 5.81. The van der Waals surface area contributed by atoms with Gasteiger partial charge in [-0.1, -0.05) is 6.42 Å². The molecule has 3 aliphatic heterocycles. The monoisotopic (exact) mass is 416 g/mol. The highest BCUT2D eigenvalue weighted by atomic mass is 16.2. The normalized spacial score (nSPS) is 24.8. The van der Waals surface area contributed by atoms with Crippen LogP contribution >= 0.6 is 0 Å². The Morgan fingerprint density at radius 1 is 1.10 bits per heavy atom. The third-order valence-corrected chi connectivity index (χ3v) is 7.18. The van der Waals surface area contributed by atoms with E-state index in [9.17, 15) is 14.4 Å². The van der Waals surface area contributed by atoms with Gasteiger partial charge in [-0.25, -0.2) is 4.68 Å². The molecule has 1 atom stereocenters. The summed E-state index contributed by atoms with van der Waals surface area (Å²) in [6, 6.07) is 1.57. The standard InChI is InChI=1S/C21H32N6O3/c1-24-18(28)13-17(14-23-24)26-10-5-16(15-26)19(29)25-11-6-21(7-12-25,20(22)30)27-8-3-2-4-9-27/h13-14,16H,2-12,15H2,1H3,(H2,22,30). The molecule has 3 aliphatic rings. The molecule has 4 rings (SSSR count). The van der Waals surface area contributed by atoms with Crippen molar-refractivity contribution in [3.05, 3.63) is 22.6 Å². The lowest BCUT2D eigenvalue weighted by atomic mass is 9.83. The number of anilines is 1. The maximum atomic E-state index is 13.1. The second-order valence-electron chi connectivity index (χ2n) is 8.88. The van der Waals surface area contributed by atoms with E-state index in [1.54, 1.807) is 19.3 Å². The number of amides is 2. The number of carbonyl (C=O) groups excluding carboxylic acids is 2. The maximum Gasteiger partial charge on any atom is 0.268 e. The SMILES string of the molecule is Cn1ncc(N2CCC(C(=O)N3CCC(C(N)=O)(N4CCCCC4)CC3)C2)cc1=O. The van der Waals surface area contributed by atoms with Crippen LogP contribution in [0.3, 0.4) is 0 Å². The topological polar surface area (TPSA) is 105 Å². The number of nitrogens with two attached hydrogens (primary N) is 1. The number of hydrogen-bond donors (Lipinski definition) is 1. The molecular formula is C21H32N6O3. The van der Waals surface area contributed by atoms with Gasteiger partial charge in [-0.2, -0.15) is 5.10 Å². The first-order valence-corrected chi connectivity index (χ1v) is 11.0. The summed E-state index contributed by atoms with van der Waals surface area (Å²) in [4.78, 5) is 43.6. The van der Waals surface area contributed by atoms with Gasteiger partial charge in [-0.15, -0.1) is 0 Å². The van der Waals surface area contributed by atoms with E-state index < -0.39 is 5.54 Å². The van der Waals surface area contributed by atoms with Crippen molar-refractivity contribution in [3.63, 3.8) is 0 Å². The lowest BCUT2D eigenvalue weighted by molar-refractivity contribution is -0.144. The van der Waals surface area contributed by atoms with E-state index in [0.717, 1.165) is 44.6 Å². The molecule has 0 saturated carbocycles. The van der Waals surface area contributed by atoms with Crippen molar-refractivity contribution in [2.24, 2.45) is 18.7 Å². The fourth-order valence-corrected chi connectivity index (χ4v) is 5.22. The minimum absolute atomic E-state index is 0.0925. The molecule has 164 valence electrons. The predicted octanol–water partition coefficient (Wildman–Crippen LogP) is -0.0610. The summed E-state index contributed by atoms with van der Waals surface area (Å²) < 4.78 is 1.29. The molecule has 2 N–H and O–H groups in total. The Balaban J connectivity index is 1.37. The van der Waals surface area contributed by atoms with Crippen LogP contribution in [0.4, 0.5) is 5.69 Å². The van der Waals surface area contributed by atoms with E-state index in [1.807, 2.05) is 4.90 Å². The quantitative estimate of drug-likeness (QED) is 0.737. The van der Waals surface area contributed by atoms with Crippen molar-refractivity contribution in [2.45, 2.75) is 44.1 Å². The molecule has 1 unspecified atom stereocenters. The Hall–Kier alpha value is -2.42. The number of likely N-dealkylation sites (tertiary alicyclic amines) is 2. The van der Waals surface area contributed by atoms with Crippen LogP contribution in [0, 0.1) is 5.92 Å². The summed E-state index contributed by atoms with van der Waals surface area (Å²) in [5, 5.41) is 4.08. The number of rotatable bonds is 4. The zero-order valence-corrected chi connectivity index (χ0v) is 17.8. The highest BCUT2D eigenvalue weighted by molar-refractivity contribution is 5.86. The van der Waals surface area contributed by atoms with Crippen LogP contribution in [0.1, 0.15) is 38.5 Å². The van der Waals surface area contributed by atoms with Crippen molar-refractivity contribution in [2.75, 3.05) is 44.2 Å². The number of aromatic nitrogens is 2. The Labute approximate surface area is 176 Å². The first kappa shape index (κ1) is 20.8. The molecular weight excluding hydrogens is 384 g/mol. The average molecular weight is 417 g/mol. The molecule has 9 nitrogen and oxygen atoms in total. The lowest BCUT2D eigenvalue weighted by Crippen LogP contribution is -2.64. The molecule has 0 bridgehead atoms. The lowest BCUT2D eigenvalue weighted by Gasteiger charge is -2.48. The fraction of sp³-hybridized carbons (Fsp3) is 0.714. The summed E-state index contributed by atoms with van der Waals surface area (Å²) in [5.41, 5.74) is 5.87. The predicted molar refractivity (Wildman–Crippen MR) is 113 cm³/mol. The number of nitrogens with zero attached hydrogens (tertiary/aromatic N) is 5. The second kappa shape index (κ2) is 8.37. The van der Waals surface area contributed by atoms with Crippen LogP contribution in [-0.2, 0) is 16.6 Å². The first-order chi connectivity index (χ1) is 14.4. The molecule has 3 fully saturated rings. The Morgan fingerprint density at radius 2 is 1.80 bits per heavy atom. The molecule has 0 radical (unpaired) electrons. The number of aryl methyl sites for hydroxylation is 1. The number of primary amides is 1. The molecule has 1 aromatic heterocycles. The van der Waals surface area contributed by atoms with Gasteiger partial charge in [0, 0.05) is 39.3 Å². The molecule has 30 heavy (non-hydrogen) atoms. The highest BCUT2D eigenvalue weighted by Gasteiger charge is 2.46. The van der Waals surface area contributed by atoms with E-state index >= 15 is 0 Å². The van der Waals surface area contributed by atoms with Crippen LogP contribution in [0.15, 0.2) is 17.1 Å². The van der Waals surface area contributed by atoms with Gasteiger partial charge in [0.2, 0.25) is 11.8 Å². The number of piperidine rings is 2. The molecule has 0 aromatic carbocycles. The van der Waals surface area contributed by atoms with Gasteiger partial charge in [0.25, 0.3) is 5.56 Å². The smallest absolute Gasteiger partial charge is 0.268 e. The Bertz CT molecular complexity index is 855. The molecule has 2 amide bonds. The van der Waals surface area contributed by atoms with Gasteiger partial charge in [-0.3, -0.25) is 19.3 Å². The molecule has 4 heterocycles. The van der Waals surface area contributed by atoms with Crippen LogP contribution in [-0.4, -0.2) is 76.2 Å². The van der Waals surface area contributed by atoms with E-state index in [2.05, 4.69) is 14.9 Å². The molecule has 0 aliphatic carbocycles. The summed E-state index contributed by atoms with van der Waals surface area (Å²) in [6.07, 6.45) is 7.08. The van der Waals surface area contributed by atoms with Crippen LogP contribution in [0.25, 0.3) is 0 Å². The zero-order valence-electron chi connectivity index (χ0n) is 17.8. The van der Waals surface area contributed by atoms with E-state index in [0.29, 0.717) is 32.5 Å². The fourth-order valence-electron chi connectivity index (χ4n) is 5.22. The van der Waals surface area contributed by atoms with Crippen molar-refractivity contribution < 1.29 is 9.59 Å². The van der Waals surface area contributed by atoms with Gasteiger partial charge in [0.15, 0.2) is 0 Å². The first-order valence-electron chi connectivity index (χ1n) is 11.0. The van der Waals surface area contributed by atoms with Gasteiger partial charge in [0.05, 0.1) is 17.8 Å². The van der Waals surface area contributed by atoms with Crippen LogP contribution in [0.5, 0.6) is 0 Å². The molecule has 1 aromatic rings. The summed E-state index contributed by atoms with van der Waals surface area (Å²) in [6.45, 7) is 4.30. The summed E-state index contributed by atoms with van der Waals surface area (Å²) in [7, 11) is 1.62. The van der Waals surface area contributed by atoms with E-state index in [1.165, 1.54) is 11.1 Å². The van der Waals surface area contributed by atoms with Crippen molar-refractivity contribution in [1.82, 2.24) is 19.6 Å². The van der Waals surface area contributed by atoms with Crippen molar-refractivity contribution in [3.8, 4) is 0 Å². The van der Waals surface area contributed by atoms with Crippen molar-refractivity contribution in [1.29, 1.82) is 0 Å². The molecule has 0 spiro atoms. The third kappa shape index (κ3) is 3.82. The van der Waals surface area contributed by atoms with Gasteiger partial charge >= 0.3 is 0 Å². The third-order valence-electron chi connectivity index (χ3n) is 7.18. The summed E-state index contributed by atoms with van der Waals surface area (Å²) >= 11 is 0. The van der Waals surface area contributed by atoms with E-state index in [-0.39, 0.29) is 23.3 Å². The second-order valence-corrected chi connectivity index (χ2v) is 8.88. The zero-order chi connectivity index (χ0) is 21.3. The molecule has 9 heteroatoms.